The van der Waals surface area contributed by atoms with Crippen molar-refractivity contribution >= 4 is 21.8 Å². The number of methoxy groups -OCH3 is 2. The van der Waals surface area contributed by atoms with Gasteiger partial charge in [-0.2, -0.15) is 0 Å². The van der Waals surface area contributed by atoms with Crippen molar-refractivity contribution in [3.05, 3.63) is 57.6 Å². The lowest BCUT2D eigenvalue weighted by Gasteiger charge is -2.19. The number of rotatable bonds is 7. The number of aryl methyl sites for hydroxylation is 2. The molecule has 0 aromatic heterocycles. The first-order valence-electron chi connectivity index (χ1n) is 8.21. The van der Waals surface area contributed by atoms with Crippen LogP contribution in [0, 0.1) is 6.92 Å². The summed E-state index contributed by atoms with van der Waals surface area (Å²) in [4.78, 5) is 12.3. The largest absolute Gasteiger partial charge is 0.493 e. The summed E-state index contributed by atoms with van der Waals surface area (Å²) in [5.74, 6) is 1.39. The molecule has 2 rings (SSSR count). The molecule has 2 aromatic carbocycles. The minimum atomic E-state index is -0.102. The van der Waals surface area contributed by atoms with Gasteiger partial charge in [-0.1, -0.05) is 28.1 Å². The Morgan fingerprint density at radius 1 is 1.16 bits per heavy atom. The van der Waals surface area contributed by atoms with Gasteiger partial charge in [-0.15, -0.1) is 0 Å². The van der Waals surface area contributed by atoms with E-state index < -0.39 is 0 Å². The van der Waals surface area contributed by atoms with E-state index >= 15 is 0 Å². The number of carbonyl (C=O) groups is 1. The first-order chi connectivity index (χ1) is 11.9. The highest BCUT2D eigenvalue weighted by Gasteiger charge is 2.15. The van der Waals surface area contributed by atoms with Gasteiger partial charge in [-0.25, -0.2) is 0 Å². The van der Waals surface area contributed by atoms with Crippen LogP contribution in [0.15, 0.2) is 40.9 Å². The molecular weight excluding hydrogens is 382 g/mol. The van der Waals surface area contributed by atoms with E-state index in [9.17, 15) is 4.79 Å². The fourth-order valence-corrected chi connectivity index (χ4v) is 3.25. The van der Waals surface area contributed by atoms with Crippen LogP contribution in [0.1, 0.15) is 36.1 Å². The third-order valence-electron chi connectivity index (χ3n) is 4.15. The lowest BCUT2D eigenvalue weighted by atomic mass is 10.0. The summed E-state index contributed by atoms with van der Waals surface area (Å²) in [6.45, 7) is 3.98. The molecule has 1 unspecified atom stereocenters. The first kappa shape index (κ1) is 19.3. The Morgan fingerprint density at radius 2 is 1.84 bits per heavy atom. The van der Waals surface area contributed by atoms with Crippen molar-refractivity contribution in [1.82, 2.24) is 5.32 Å². The zero-order valence-corrected chi connectivity index (χ0v) is 16.6. The zero-order chi connectivity index (χ0) is 18.4. The van der Waals surface area contributed by atoms with Crippen LogP contribution in [0.2, 0.25) is 0 Å². The average Bonchev–Trinajstić information content (AvgIpc) is 2.59. The monoisotopic (exact) mass is 405 g/mol. The third-order valence-corrected chi connectivity index (χ3v) is 4.64. The maximum atomic E-state index is 12.3. The standard InChI is InChI=1S/C20H24BrNO3/c1-13-10-18(24-3)19(25-4)12-17(13)14(2)22-20(23)9-8-15-6-5-7-16(21)11-15/h5-7,10-12,14H,8-9H2,1-4H3,(H,22,23). The quantitative estimate of drug-likeness (QED) is 0.732. The summed E-state index contributed by atoms with van der Waals surface area (Å²) < 4.78 is 11.7. The van der Waals surface area contributed by atoms with E-state index in [1.807, 2.05) is 50.2 Å². The van der Waals surface area contributed by atoms with Crippen LogP contribution in [0.4, 0.5) is 0 Å². The van der Waals surface area contributed by atoms with Crippen LogP contribution in [-0.4, -0.2) is 20.1 Å². The molecule has 4 nitrogen and oxygen atoms in total. The summed E-state index contributed by atoms with van der Waals surface area (Å²) in [6.07, 6.45) is 1.16. The van der Waals surface area contributed by atoms with Crippen LogP contribution >= 0.6 is 15.9 Å². The summed E-state index contributed by atoms with van der Waals surface area (Å²) in [7, 11) is 3.22. The second-order valence-electron chi connectivity index (χ2n) is 5.98. The van der Waals surface area contributed by atoms with E-state index in [4.69, 9.17) is 9.47 Å². The van der Waals surface area contributed by atoms with Gasteiger partial charge in [-0.05, 0) is 61.2 Å². The SMILES string of the molecule is COc1cc(C)c(C(C)NC(=O)CCc2cccc(Br)c2)cc1OC. The number of carbonyl (C=O) groups excluding carboxylic acids is 1. The highest BCUT2D eigenvalue weighted by molar-refractivity contribution is 9.10. The van der Waals surface area contributed by atoms with E-state index in [0.717, 1.165) is 21.2 Å². The van der Waals surface area contributed by atoms with E-state index in [1.165, 1.54) is 0 Å². The van der Waals surface area contributed by atoms with E-state index in [1.54, 1.807) is 14.2 Å². The second-order valence-corrected chi connectivity index (χ2v) is 6.90. The summed E-state index contributed by atoms with van der Waals surface area (Å²) in [5.41, 5.74) is 3.21. The number of amides is 1. The van der Waals surface area contributed by atoms with Crippen LogP contribution in [-0.2, 0) is 11.2 Å². The Morgan fingerprint density at radius 3 is 2.48 bits per heavy atom. The molecule has 0 aliphatic rings. The lowest BCUT2D eigenvalue weighted by molar-refractivity contribution is -0.121. The second kappa shape index (κ2) is 8.90. The molecule has 1 amide bonds. The van der Waals surface area contributed by atoms with Gasteiger partial charge in [0, 0.05) is 10.9 Å². The van der Waals surface area contributed by atoms with Crippen LogP contribution < -0.4 is 14.8 Å². The number of hydrogen-bond donors (Lipinski definition) is 1. The van der Waals surface area contributed by atoms with Gasteiger partial charge in [0.05, 0.1) is 20.3 Å². The molecule has 0 bridgehead atoms. The number of hydrogen-bond acceptors (Lipinski definition) is 3. The van der Waals surface area contributed by atoms with Gasteiger partial charge in [0.25, 0.3) is 0 Å². The maximum Gasteiger partial charge on any atom is 0.220 e. The molecule has 0 radical (unpaired) electrons. The van der Waals surface area contributed by atoms with Gasteiger partial charge in [0.2, 0.25) is 5.91 Å². The Kier molecular flexibility index (Phi) is 6.88. The van der Waals surface area contributed by atoms with Crippen molar-refractivity contribution in [1.29, 1.82) is 0 Å². The van der Waals surface area contributed by atoms with Crippen molar-refractivity contribution < 1.29 is 14.3 Å². The molecule has 1 N–H and O–H groups in total. The predicted molar refractivity (Wildman–Crippen MR) is 103 cm³/mol. The van der Waals surface area contributed by atoms with Gasteiger partial charge >= 0.3 is 0 Å². The van der Waals surface area contributed by atoms with Gasteiger partial charge < -0.3 is 14.8 Å². The average molecular weight is 406 g/mol. The number of benzene rings is 2. The van der Waals surface area contributed by atoms with Crippen LogP contribution in [0.5, 0.6) is 11.5 Å². The van der Waals surface area contributed by atoms with Crippen molar-refractivity contribution in [3.8, 4) is 11.5 Å². The highest BCUT2D eigenvalue weighted by Crippen LogP contribution is 2.32. The summed E-state index contributed by atoms with van der Waals surface area (Å²) in [6, 6.07) is 11.8. The first-order valence-corrected chi connectivity index (χ1v) is 9.00. The Balaban J connectivity index is 2.01. The number of halogens is 1. The number of nitrogens with one attached hydrogen (secondary N) is 1. The maximum absolute atomic E-state index is 12.3. The molecule has 0 spiro atoms. The molecule has 0 saturated heterocycles. The van der Waals surface area contributed by atoms with E-state index in [-0.39, 0.29) is 11.9 Å². The van der Waals surface area contributed by atoms with Crippen LogP contribution in [0.25, 0.3) is 0 Å². The minimum absolute atomic E-state index is 0.0293. The Bertz CT molecular complexity index is 746. The molecule has 0 heterocycles. The lowest BCUT2D eigenvalue weighted by Crippen LogP contribution is -2.27. The highest BCUT2D eigenvalue weighted by atomic mass is 79.9. The van der Waals surface area contributed by atoms with Crippen LogP contribution in [0.3, 0.4) is 0 Å². The molecular formula is C20H24BrNO3. The fourth-order valence-electron chi connectivity index (χ4n) is 2.80. The molecule has 2 aromatic rings. The summed E-state index contributed by atoms with van der Waals surface area (Å²) >= 11 is 3.45. The molecule has 0 fully saturated rings. The Labute approximate surface area is 157 Å². The fraction of sp³-hybridized carbons (Fsp3) is 0.350. The molecule has 5 heteroatoms. The minimum Gasteiger partial charge on any atom is -0.493 e. The Hall–Kier alpha value is -2.01. The normalized spacial score (nSPS) is 11.7. The smallest absolute Gasteiger partial charge is 0.220 e. The van der Waals surface area contributed by atoms with Crippen molar-refractivity contribution in [2.45, 2.75) is 32.7 Å². The molecule has 0 aliphatic heterocycles. The molecule has 0 aliphatic carbocycles. The molecule has 134 valence electrons. The topological polar surface area (TPSA) is 47.6 Å². The van der Waals surface area contributed by atoms with Gasteiger partial charge in [-0.3, -0.25) is 4.79 Å². The van der Waals surface area contributed by atoms with Crippen molar-refractivity contribution in [3.63, 3.8) is 0 Å². The zero-order valence-electron chi connectivity index (χ0n) is 15.1. The summed E-state index contributed by atoms with van der Waals surface area (Å²) in [5, 5.41) is 3.06. The third kappa shape index (κ3) is 5.23. The molecule has 0 saturated carbocycles. The van der Waals surface area contributed by atoms with E-state index in [2.05, 4.69) is 21.2 Å². The van der Waals surface area contributed by atoms with Gasteiger partial charge in [0.1, 0.15) is 0 Å². The predicted octanol–water partition coefficient (Wildman–Crippen LogP) is 4.58. The van der Waals surface area contributed by atoms with Crippen molar-refractivity contribution in [2.75, 3.05) is 14.2 Å². The molecule has 1 atom stereocenters. The number of ether oxygens (including phenoxy) is 2. The van der Waals surface area contributed by atoms with Crippen molar-refractivity contribution in [2.24, 2.45) is 0 Å². The molecule has 25 heavy (non-hydrogen) atoms. The van der Waals surface area contributed by atoms with E-state index in [0.29, 0.717) is 24.3 Å². The van der Waals surface area contributed by atoms with Gasteiger partial charge in [0.15, 0.2) is 11.5 Å².